The summed E-state index contributed by atoms with van der Waals surface area (Å²) in [6, 6.07) is 8.16. The summed E-state index contributed by atoms with van der Waals surface area (Å²) < 4.78 is 57.3. The fourth-order valence-electron chi connectivity index (χ4n) is 4.17. The molecule has 190 valence electrons. The molecule has 2 N–H and O–H groups in total. The number of methoxy groups -OCH3 is 3. The lowest BCUT2D eigenvalue weighted by Gasteiger charge is -2.20. The number of fused-ring (bicyclic) bond motifs is 3. The van der Waals surface area contributed by atoms with E-state index >= 15 is 0 Å². The second-order valence-corrected chi connectivity index (χ2v) is 10.5. The van der Waals surface area contributed by atoms with E-state index in [1.165, 1.54) is 23.8 Å². The lowest BCUT2D eigenvalue weighted by atomic mass is 10.2. The number of nitrogens with one attached hydrogen (secondary N) is 2. The Labute approximate surface area is 206 Å². The first-order chi connectivity index (χ1) is 17.3. The van der Waals surface area contributed by atoms with E-state index < -0.39 is 20.9 Å². The zero-order valence-electron chi connectivity index (χ0n) is 19.9. The first kappa shape index (κ1) is 24.0. The summed E-state index contributed by atoms with van der Waals surface area (Å²) in [5.74, 6) is 1.11. The van der Waals surface area contributed by atoms with Crippen molar-refractivity contribution in [2.45, 2.75) is 11.8 Å². The monoisotopic (exact) mass is 516 g/mol. The average Bonchev–Trinajstić information content (AvgIpc) is 3.32. The number of rotatable bonds is 7. The Morgan fingerprint density at radius 3 is 2.64 bits per heavy atom. The molecule has 0 saturated carbocycles. The number of benzene rings is 2. The molecule has 0 amide bonds. The summed E-state index contributed by atoms with van der Waals surface area (Å²) in [6.45, 7) is 0.869. The minimum atomic E-state index is -3.44. The normalized spacial score (nSPS) is 17.3. The fraction of sp³-hybridized carbons (Fsp3) is 0.348. The highest BCUT2D eigenvalue weighted by Gasteiger charge is 2.34. The maximum atomic E-state index is 14.6. The fourth-order valence-corrected chi connectivity index (χ4v) is 5.68. The minimum Gasteiger partial charge on any atom is -0.497 e. The number of ether oxygens (including phenoxy) is 3. The van der Waals surface area contributed by atoms with Crippen LogP contribution in [0, 0.1) is 5.82 Å². The third-order valence-corrected chi connectivity index (χ3v) is 8.12. The van der Waals surface area contributed by atoms with Gasteiger partial charge in [-0.2, -0.15) is 4.52 Å². The molecule has 11 nitrogen and oxygen atoms in total. The van der Waals surface area contributed by atoms with E-state index in [9.17, 15) is 12.8 Å². The van der Waals surface area contributed by atoms with Crippen molar-refractivity contribution in [3.05, 3.63) is 47.5 Å². The molecule has 1 aliphatic rings. The molecule has 2 aromatic heterocycles. The second-order valence-electron chi connectivity index (χ2n) is 8.24. The summed E-state index contributed by atoms with van der Waals surface area (Å²) in [7, 11) is 1.06. The first-order valence-electron chi connectivity index (χ1n) is 11.2. The van der Waals surface area contributed by atoms with Crippen LogP contribution in [-0.2, 0) is 16.4 Å². The van der Waals surface area contributed by atoms with Crippen LogP contribution in [-0.4, -0.2) is 68.2 Å². The van der Waals surface area contributed by atoms with Gasteiger partial charge < -0.3 is 24.8 Å². The van der Waals surface area contributed by atoms with Gasteiger partial charge >= 0.3 is 0 Å². The van der Waals surface area contributed by atoms with E-state index in [0.29, 0.717) is 41.4 Å². The van der Waals surface area contributed by atoms with Crippen LogP contribution in [0.15, 0.2) is 30.3 Å². The Morgan fingerprint density at radius 1 is 1.11 bits per heavy atom. The van der Waals surface area contributed by atoms with Crippen molar-refractivity contribution in [2.75, 3.05) is 45.5 Å². The van der Waals surface area contributed by atoms with Crippen LogP contribution in [0.25, 0.3) is 16.6 Å². The van der Waals surface area contributed by atoms with E-state index in [1.54, 1.807) is 20.3 Å². The maximum Gasteiger partial charge on any atom is 0.226 e. The van der Waals surface area contributed by atoms with Gasteiger partial charge in [0.15, 0.2) is 32.9 Å². The van der Waals surface area contributed by atoms with Gasteiger partial charge in [0, 0.05) is 42.7 Å². The quantitative estimate of drug-likeness (QED) is 0.377. The molecular formula is C23H25FN6O5S. The Balaban J connectivity index is 1.63. The molecule has 0 bridgehead atoms. The van der Waals surface area contributed by atoms with Gasteiger partial charge in [0.25, 0.3) is 0 Å². The smallest absolute Gasteiger partial charge is 0.226 e. The van der Waals surface area contributed by atoms with Crippen LogP contribution >= 0.6 is 0 Å². The molecule has 1 aliphatic heterocycles. The highest BCUT2D eigenvalue weighted by Crippen LogP contribution is 2.31. The van der Waals surface area contributed by atoms with Crippen LogP contribution in [0.5, 0.6) is 17.2 Å². The number of anilines is 1. The average molecular weight is 517 g/mol. The SMILES string of the molecule is COc1ccc(CNc2nc3cc(OC)c(F)cc3c3nc(C4CNCCS4(=O)=O)nn23)c(OC)c1. The van der Waals surface area contributed by atoms with Crippen molar-refractivity contribution in [3.8, 4) is 17.2 Å². The molecule has 4 aromatic rings. The van der Waals surface area contributed by atoms with Crippen molar-refractivity contribution < 1.29 is 27.0 Å². The van der Waals surface area contributed by atoms with Crippen LogP contribution < -0.4 is 24.8 Å². The molecule has 1 fully saturated rings. The summed E-state index contributed by atoms with van der Waals surface area (Å²) in [6.07, 6.45) is 0. The van der Waals surface area contributed by atoms with Gasteiger partial charge in [-0.3, -0.25) is 0 Å². The van der Waals surface area contributed by atoms with E-state index in [0.717, 1.165) is 5.56 Å². The number of nitrogens with zero attached hydrogens (tertiary/aromatic N) is 4. The van der Waals surface area contributed by atoms with E-state index in [1.807, 2.05) is 12.1 Å². The van der Waals surface area contributed by atoms with Crippen molar-refractivity contribution >= 4 is 32.3 Å². The highest BCUT2D eigenvalue weighted by atomic mass is 32.2. The number of hydrogen-bond acceptors (Lipinski definition) is 10. The minimum absolute atomic E-state index is 0.0135. The van der Waals surface area contributed by atoms with Crippen LogP contribution in [0.2, 0.25) is 0 Å². The maximum absolute atomic E-state index is 14.6. The Kier molecular flexibility index (Phi) is 6.26. The number of hydrogen-bond donors (Lipinski definition) is 2. The van der Waals surface area contributed by atoms with Crippen molar-refractivity contribution in [2.24, 2.45) is 0 Å². The third kappa shape index (κ3) is 4.24. The summed E-state index contributed by atoms with van der Waals surface area (Å²) >= 11 is 0. The molecule has 0 aliphatic carbocycles. The molecule has 1 atom stereocenters. The van der Waals surface area contributed by atoms with Crippen molar-refractivity contribution in [1.82, 2.24) is 24.9 Å². The Bertz CT molecular complexity index is 1560. The molecule has 2 aromatic carbocycles. The number of sulfone groups is 1. The van der Waals surface area contributed by atoms with E-state index in [-0.39, 0.29) is 29.5 Å². The lowest BCUT2D eigenvalue weighted by Crippen LogP contribution is -2.39. The van der Waals surface area contributed by atoms with Crippen molar-refractivity contribution in [3.63, 3.8) is 0 Å². The molecule has 36 heavy (non-hydrogen) atoms. The van der Waals surface area contributed by atoms with Gasteiger partial charge in [0.2, 0.25) is 5.95 Å². The predicted molar refractivity (Wildman–Crippen MR) is 131 cm³/mol. The van der Waals surface area contributed by atoms with Gasteiger partial charge in [-0.25, -0.2) is 22.8 Å². The van der Waals surface area contributed by atoms with Gasteiger partial charge in [-0.1, -0.05) is 0 Å². The molecule has 0 radical (unpaired) electrons. The second kappa shape index (κ2) is 9.39. The molecule has 1 unspecified atom stereocenters. The summed E-state index contributed by atoms with van der Waals surface area (Å²) in [5.41, 5.74) is 1.51. The van der Waals surface area contributed by atoms with Gasteiger partial charge in [-0.15, -0.1) is 5.10 Å². The molecule has 5 rings (SSSR count). The zero-order chi connectivity index (χ0) is 25.4. The summed E-state index contributed by atoms with van der Waals surface area (Å²) in [5, 5.41) is 10.3. The van der Waals surface area contributed by atoms with Gasteiger partial charge in [-0.05, 0) is 18.2 Å². The molecule has 13 heteroatoms. The van der Waals surface area contributed by atoms with Crippen molar-refractivity contribution in [1.29, 1.82) is 0 Å². The topological polar surface area (TPSA) is 129 Å². The third-order valence-electron chi connectivity index (χ3n) is 6.11. The Hall–Kier alpha value is -3.71. The van der Waals surface area contributed by atoms with E-state index in [2.05, 4.69) is 25.7 Å². The Morgan fingerprint density at radius 2 is 1.92 bits per heavy atom. The highest BCUT2D eigenvalue weighted by molar-refractivity contribution is 7.91. The number of halogens is 1. The molecule has 0 spiro atoms. The van der Waals surface area contributed by atoms with Gasteiger partial charge in [0.05, 0.1) is 32.6 Å². The summed E-state index contributed by atoms with van der Waals surface area (Å²) in [4.78, 5) is 9.16. The first-order valence-corrected chi connectivity index (χ1v) is 12.9. The molecule has 1 saturated heterocycles. The van der Waals surface area contributed by atoms with Gasteiger partial charge in [0.1, 0.15) is 16.7 Å². The van der Waals surface area contributed by atoms with Crippen LogP contribution in [0.3, 0.4) is 0 Å². The predicted octanol–water partition coefficient (Wildman–Crippen LogP) is 2.11. The largest absolute Gasteiger partial charge is 0.497 e. The lowest BCUT2D eigenvalue weighted by molar-refractivity contribution is 0.387. The zero-order valence-corrected chi connectivity index (χ0v) is 20.7. The van der Waals surface area contributed by atoms with E-state index in [4.69, 9.17) is 14.2 Å². The molecular weight excluding hydrogens is 491 g/mol. The van der Waals surface area contributed by atoms with Crippen LogP contribution in [0.4, 0.5) is 10.3 Å². The number of aromatic nitrogens is 4. The standard InChI is InChI=1S/C23H25FN6O5S/c1-33-14-5-4-13(18(8-14)34-2)11-26-23-27-17-10-19(35-3)16(24)9-15(17)22-28-21(29-30(22)23)20-12-25-6-7-36(20,31)32/h4-5,8-10,20,25H,6-7,11-12H2,1-3H3,(H,26,27). The van der Waals surface area contributed by atoms with Crippen LogP contribution in [0.1, 0.15) is 16.6 Å². The molecule has 3 heterocycles.